The van der Waals surface area contributed by atoms with Crippen LogP contribution >= 0.6 is 0 Å². The van der Waals surface area contributed by atoms with Crippen LogP contribution in [0.2, 0.25) is 0 Å². The lowest BCUT2D eigenvalue weighted by atomic mass is 9.65. The molecule has 14 heteroatoms. The van der Waals surface area contributed by atoms with Crippen LogP contribution in [0, 0.1) is 11.8 Å². The van der Waals surface area contributed by atoms with Gasteiger partial charge in [-0.2, -0.15) is 0 Å². The molecule has 2 aromatic rings. The quantitative estimate of drug-likeness (QED) is 0.298. The van der Waals surface area contributed by atoms with Crippen molar-refractivity contribution in [2.75, 3.05) is 34.2 Å². The number of rotatable bonds is 7. The Bertz CT molecular complexity index is 1340. The van der Waals surface area contributed by atoms with Crippen LogP contribution in [0.15, 0.2) is 24.3 Å². The number of fused-ring (bicyclic) bond motifs is 3. The molecule has 0 amide bonds. The minimum Gasteiger partial charge on any atom is -0.502 e. The summed E-state index contributed by atoms with van der Waals surface area (Å²) in [6.07, 6.45) is -7.75. The molecule has 3 heterocycles. The molecule has 6 rings (SSSR count). The Morgan fingerprint density at radius 2 is 1.63 bits per heavy atom. The summed E-state index contributed by atoms with van der Waals surface area (Å²) in [6.45, 7) is 1.05. The number of phenolic OH excluding ortho intramolecular Hbond substituents is 1. The monoisotopic (exact) mass is 606 g/mol. The lowest BCUT2D eigenvalue weighted by Gasteiger charge is -2.48. The van der Waals surface area contributed by atoms with E-state index >= 15 is 0 Å². The lowest BCUT2D eigenvalue weighted by molar-refractivity contribution is -0.365. The van der Waals surface area contributed by atoms with Crippen molar-refractivity contribution in [3.63, 3.8) is 0 Å². The van der Waals surface area contributed by atoms with Crippen LogP contribution in [0.3, 0.4) is 0 Å². The molecule has 1 aliphatic carbocycles. The molecular weight excluding hydrogens is 572 g/mol. The van der Waals surface area contributed by atoms with Gasteiger partial charge < -0.3 is 63.4 Å². The Labute approximate surface area is 246 Å². The summed E-state index contributed by atoms with van der Waals surface area (Å²) < 4.78 is 45.3. The van der Waals surface area contributed by atoms with Gasteiger partial charge in [0, 0.05) is 18.4 Å². The molecule has 0 saturated carbocycles. The van der Waals surface area contributed by atoms with Crippen molar-refractivity contribution in [2.24, 2.45) is 11.8 Å². The van der Waals surface area contributed by atoms with E-state index in [-0.39, 0.29) is 30.6 Å². The van der Waals surface area contributed by atoms with E-state index in [2.05, 4.69) is 0 Å². The number of carboxylic acid groups (broad SMARTS) is 1. The minimum atomic E-state index is -1.56. The Morgan fingerprint density at radius 3 is 2.23 bits per heavy atom. The Hall–Kier alpha value is -3.37. The molecule has 43 heavy (non-hydrogen) atoms. The molecule has 4 aliphatic rings. The van der Waals surface area contributed by atoms with Gasteiger partial charge in [-0.25, -0.2) is 0 Å². The van der Waals surface area contributed by atoms with E-state index in [4.69, 9.17) is 37.9 Å². The summed E-state index contributed by atoms with van der Waals surface area (Å²) in [4.78, 5) is 13.0. The third-order valence-corrected chi connectivity index (χ3v) is 8.55. The van der Waals surface area contributed by atoms with Gasteiger partial charge in [-0.05, 0) is 47.9 Å². The Balaban J connectivity index is 1.46. The van der Waals surface area contributed by atoms with Gasteiger partial charge in [0.1, 0.15) is 24.4 Å². The average Bonchev–Trinajstić information content (AvgIpc) is 3.46. The van der Waals surface area contributed by atoms with Crippen molar-refractivity contribution >= 4 is 5.97 Å². The van der Waals surface area contributed by atoms with E-state index in [1.165, 1.54) is 26.4 Å². The Morgan fingerprint density at radius 1 is 0.977 bits per heavy atom. The van der Waals surface area contributed by atoms with Crippen molar-refractivity contribution in [2.45, 2.75) is 55.9 Å². The van der Waals surface area contributed by atoms with E-state index < -0.39 is 73.4 Å². The maximum Gasteiger partial charge on any atom is 0.307 e. The van der Waals surface area contributed by atoms with Gasteiger partial charge in [0.25, 0.3) is 0 Å². The van der Waals surface area contributed by atoms with Gasteiger partial charge in [-0.3, -0.25) is 4.79 Å². The summed E-state index contributed by atoms with van der Waals surface area (Å²) in [5.41, 5.74) is 1.35. The first-order valence-electron chi connectivity index (χ1n) is 13.8. The van der Waals surface area contributed by atoms with Crippen molar-refractivity contribution in [1.29, 1.82) is 0 Å². The third kappa shape index (κ3) is 5.02. The predicted molar refractivity (Wildman–Crippen MR) is 142 cm³/mol. The van der Waals surface area contributed by atoms with Crippen molar-refractivity contribution in [3.05, 3.63) is 41.0 Å². The maximum absolute atomic E-state index is 13.0. The number of hydrogen-bond donors (Lipinski definition) is 5. The fourth-order valence-corrected chi connectivity index (χ4v) is 6.49. The van der Waals surface area contributed by atoms with Gasteiger partial charge in [0.2, 0.25) is 12.5 Å². The highest BCUT2D eigenvalue weighted by Gasteiger charge is 2.53. The predicted octanol–water partition coefficient (Wildman–Crippen LogP) is 0.859. The first kappa shape index (κ1) is 29.7. The highest BCUT2D eigenvalue weighted by Crippen LogP contribution is 2.55. The molecule has 0 spiro atoms. The minimum absolute atomic E-state index is 0.0564. The fraction of sp³-hybridized carbons (Fsp3) is 0.552. The van der Waals surface area contributed by atoms with Crippen molar-refractivity contribution < 1.29 is 68.2 Å². The van der Waals surface area contributed by atoms with E-state index in [1.807, 2.05) is 0 Å². The lowest BCUT2D eigenvalue weighted by Crippen LogP contribution is -2.63. The normalized spacial score (nSPS) is 34.7. The van der Waals surface area contributed by atoms with Crippen LogP contribution in [0.4, 0.5) is 0 Å². The van der Waals surface area contributed by atoms with Crippen LogP contribution in [-0.2, 0) is 23.7 Å². The van der Waals surface area contributed by atoms with E-state index in [0.717, 1.165) is 0 Å². The SMILES string of the molecule is COc1cc([C@@H]2c3cc4c(cc3[C@@H](O[C@@H]3O[C@H]5CO[C@H](C)O[C@H]5[C@H](O)[C@@H]3O)[C@@H](CO)[C@H]2C(=O)O)OCO4)cc(OC)c1O. The van der Waals surface area contributed by atoms with E-state index in [0.29, 0.717) is 28.2 Å². The fourth-order valence-electron chi connectivity index (χ4n) is 6.49. The first-order chi connectivity index (χ1) is 20.7. The summed E-state index contributed by atoms with van der Waals surface area (Å²) in [5, 5.41) is 53.7. The van der Waals surface area contributed by atoms with Crippen LogP contribution in [0.25, 0.3) is 0 Å². The number of phenols is 1. The summed E-state index contributed by atoms with van der Waals surface area (Å²) in [7, 11) is 2.72. The molecule has 3 aliphatic heterocycles. The molecule has 2 saturated heterocycles. The van der Waals surface area contributed by atoms with Gasteiger partial charge in [0.15, 0.2) is 35.6 Å². The Kier molecular flexibility index (Phi) is 8.02. The zero-order chi connectivity index (χ0) is 30.6. The largest absolute Gasteiger partial charge is 0.502 e. The van der Waals surface area contributed by atoms with Crippen LogP contribution in [0.5, 0.6) is 28.7 Å². The molecule has 0 unspecified atom stereocenters. The maximum atomic E-state index is 13.0. The number of ether oxygens (including phenoxy) is 8. The van der Waals surface area contributed by atoms with Gasteiger partial charge in [0.05, 0.1) is 32.8 Å². The van der Waals surface area contributed by atoms with Crippen molar-refractivity contribution in [3.8, 4) is 28.7 Å². The molecule has 14 nitrogen and oxygen atoms in total. The smallest absolute Gasteiger partial charge is 0.307 e. The molecule has 0 aromatic heterocycles. The number of carbonyl (C=O) groups is 1. The summed E-state index contributed by atoms with van der Waals surface area (Å²) in [5.74, 6) is -3.88. The topological polar surface area (TPSA) is 192 Å². The summed E-state index contributed by atoms with van der Waals surface area (Å²) in [6, 6.07) is 6.32. The second kappa shape index (κ2) is 11.6. The number of aliphatic carboxylic acids is 1. The van der Waals surface area contributed by atoms with Crippen LogP contribution in [-0.4, -0.2) is 103 Å². The van der Waals surface area contributed by atoms with Crippen LogP contribution in [0.1, 0.15) is 35.6 Å². The summed E-state index contributed by atoms with van der Waals surface area (Å²) >= 11 is 0. The molecule has 10 atom stereocenters. The second-order valence-corrected chi connectivity index (χ2v) is 10.9. The molecular formula is C29H34O14. The number of hydrogen-bond acceptors (Lipinski definition) is 13. The molecule has 234 valence electrons. The highest BCUT2D eigenvalue weighted by molar-refractivity contribution is 5.75. The van der Waals surface area contributed by atoms with Gasteiger partial charge in [-0.1, -0.05) is 0 Å². The number of methoxy groups -OCH3 is 2. The second-order valence-electron chi connectivity index (χ2n) is 10.9. The van der Waals surface area contributed by atoms with Crippen molar-refractivity contribution in [1.82, 2.24) is 0 Å². The van der Waals surface area contributed by atoms with Gasteiger partial charge in [-0.15, -0.1) is 0 Å². The molecule has 2 fully saturated rings. The molecule has 0 bridgehead atoms. The first-order valence-corrected chi connectivity index (χ1v) is 13.8. The zero-order valence-electron chi connectivity index (χ0n) is 23.6. The average molecular weight is 607 g/mol. The highest BCUT2D eigenvalue weighted by atomic mass is 16.8. The third-order valence-electron chi connectivity index (χ3n) is 8.55. The zero-order valence-corrected chi connectivity index (χ0v) is 23.6. The van der Waals surface area contributed by atoms with E-state index in [1.54, 1.807) is 19.1 Å². The van der Waals surface area contributed by atoms with Crippen LogP contribution < -0.4 is 18.9 Å². The standard InChI is InChI=1S/C29H34O14/c1-11-38-9-20-27(41-11)24(32)25(33)29(42-20)43-26-14-7-17-16(39-10-40-17)6-13(14)21(22(28(34)35)15(26)8-30)12-4-18(36-2)23(31)19(5-12)37-3/h4-7,11,15,20-22,24-27,29-33H,8-10H2,1-3H3,(H,34,35)/t11-,15-,20-,21+,22+,24+,25-,26+,27+,29-/m0/s1. The number of aliphatic hydroxyl groups is 3. The van der Waals surface area contributed by atoms with Gasteiger partial charge >= 0.3 is 5.97 Å². The number of benzene rings is 2. The molecule has 5 N–H and O–H groups in total. The van der Waals surface area contributed by atoms with E-state index in [9.17, 15) is 30.3 Å². The number of aliphatic hydroxyl groups excluding tert-OH is 3. The molecule has 0 radical (unpaired) electrons. The molecule has 2 aromatic carbocycles. The number of carboxylic acids is 1. The number of aromatic hydroxyl groups is 1.